The molecular formula is C15H19ClO5. The Morgan fingerprint density at radius 3 is 2.67 bits per heavy atom. The molecule has 1 aromatic rings. The Bertz CT molecular complexity index is 487. The van der Waals surface area contributed by atoms with Crippen LogP contribution in [0.3, 0.4) is 0 Å². The Balaban J connectivity index is 2.33. The summed E-state index contributed by atoms with van der Waals surface area (Å²) in [5, 5.41) is 9.33. The summed E-state index contributed by atoms with van der Waals surface area (Å²) in [5.74, 6) is -1.08. The molecule has 6 heteroatoms. The zero-order valence-electron chi connectivity index (χ0n) is 11.9. The maximum absolute atomic E-state index is 11.1. The number of hydrogen-bond donors (Lipinski definition) is 1. The molecule has 0 saturated carbocycles. The van der Waals surface area contributed by atoms with Crippen molar-refractivity contribution in [2.45, 2.75) is 32.6 Å². The van der Waals surface area contributed by atoms with Crippen molar-refractivity contribution in [3.63, 3.8) is 0 Å². The van der Waals surface area contributed by atoms with Crippen LogP contribution in [0.1, 0.15) is 43.0 Å². The molecule has 0 saturated heterocycles. The fraction of sp³-hybridized carbons (Fsp3) is 0.467. The molecule has 0 unspecified atom stereocenters. The molecule has 0 spiro atoms. The van der Waals surface area contributed by atoms with E-state index in [-0.39, 0.29) is 22.3 Å². The zero-order valence-corrected chi connectivity index (χ0v) is 12.7. The predicted octanol–water partition coefficient (Wildman–Crippen LogP) is 3.54. The van der Waals surface area contributed by atoms with Crippen LogP contribution in [0.4, 0.5) is 0 Å². The van der Waals surface area contributed by atoms with Gasteiger partial charge in [0, 0.05) is 6.42 Å². The molecule has 0 bridgehead atoms. The van der Waals surface area contributed by atoms with Crippen molar-refractivity contribution in [2.24, 2.45) is 0 Å². The van der Waals surface area contributed by atoms with Crippen molar-refractivity contribution in [1.29, 1.82) is 0 Å². The zero-order chi connectivity index (χ0) is 15.7. The monoisotopic (exact) mass is 314 g/mol. The molecule has 0 aliphatic carbocycles. The topological polar surface area (TPSA) is 72.8 Å². The maximum atomic E-state index is 11.1. The fourth-order valence-electron chi connectivity index (χ4n) is 1.78. The summed E-state index contributed by atoms with van der Waals surface area (Å²) in [7, 11) is 0. The van der Waals surface area contributed by atoms with Gasteiger partial charge < -0.3 is 14.6 Å². The van der Waals surface area contributed by atoms with Crippen molar-refractivity contribution in [1.82, 2.24) is 0 Å². The molecule has 0 aliphatic rings. The Morgan fingerprint density at radius 2 is 2.00 bits per heavy atom. The molecule has 0 heterocycles. The van der Waals surface area contributed by atoms with E-state index in [1.807, 2.05) is 0 Å². The van der Waals surface area contributed by atoms with E-state index in [0.29, 0.717) is 26.1 Å². The summed E-state index contributed by atoms with van der Waals surface area (Å²) in [5.41, 5.74) is 0.0500. The number of para-hydroxylation sites is 1. The van der Waals surface area contributed by atoms with Crippen LogP contribution in [-0.4, -0.2) is 30.3 Å². The Morgan fingerprint density at radius 1 is 1.24 bits per heavy atom. The van der Waals surface area contributed by atoms with Crippen molar-refractivity contribution < 1.29 is 24.2 Å². The number of halogens is 1. The standard InChI is InChI=1S/C15H19ClO5/c1-2-20-13(17)9-4-3-5-10-21-14-11(15(18)19)7-6-8-12(14)16/h6-8H,2-5,9-10H2,1H3,(H,18,19). The van der Waals surface area contributed by atoms with Crippen LogP contribution >= 0.6 is 11.6 Å². The highest BCUT2D eigenvalue weighted by molar-refractivity contribution is 6.32. The van der Waals surface area contributed by atoms with Gasteiger partial charge in [-0.25, -0.2) is 4.79 Å². The molecule has 0 amide bonds. The molecule has 116 valence electrons. The minimum Gasteiger partial charge on any atom is -0.491 e. The molecule has 0 aromatic heterocycles. The van der Waals surface area contributed by atoms with Gasteiger partial charge in [0.05, 0.1) is 18.2 Å². The van der Waals surface area contributed by atoms with Gasteiger partial charge in [-0.2, -0.15) is 0 Å². The highest BCUT2D eigenvalue weighted by Gasteiger charge is 2.14. The fourth-order valence-corrected chi connectivity index (χ4v) is 2.01. The first-order valence-electron chi connectivity index (χ1n) is 6.86. The van der Waals surface area contributed by atoms with Gasteiger partial charge in [-0.1, -0.05) is 17.7 Å². The lowest BCUT2D eigenvalue weighted by Gasteiger charge is -2.10. The number of unbranched alkanes of at least 4 members (excludes halogenated alkanes) is 2. The van der Waals surface area contributed by atoms with Crippen LogP contribution in [0.5, 0.6) is 5.75 Å². The van der Waals surface area contributed by atoms with E-state index in [0.717, 1.165) is 12.8 Å². The van der Waals surface area contributed by atoms with Crippen LogP contribution in [-0.2, 0) is 9.53 Å². The van der Waals surface area contributed by atoms with Gasteiger partial charge in [-0.15, -0.1) is 0 Å². The van der Waals surface area contributed by atoms with E-state index < -0.39 is 5.97 Å². The van der Waals surface area contributed by atoms with Gasteiger partial charge in [-0.3, -0.25) is 4.79 Å². The number of esters is 1. The number of ether oxygens (including phenoxy) is 2. The molecule has 0 aliphatic heterocycles. The summed E-state index contributed by atoms with van der Waals surface area (Å²) in [6.45, 7) is 2.52. The molecule has 1 rings (SSSR count). The number of aromatic carboxylic acids is 1. The lowest BCUT2D eigenvalue weighted by molar-refractivity contribution is -0.143. The second-order valence-corrected chi connectivity index (χ2v) is 4.79. The minimum atomic E-state index is -1.07. The highest BCUT2D eigenvalue weighted by Crippen LogP contribution is 2.28. The van der Waals surface area contributed by atoms with E-state index >= 15 is 0 Å². The van der Waals surface area contributed by atoms with Gasteiger partial charge >= 0.3 is 11.9 Å². The van der Waals surface area contributed by atoms with E-state index in [2.05, 4.69) is 0 Å². The van der Waals surface area contributed by atoms with Gasteiger partial charge in [0.2, 0.25) is 0 Å². The van der Waals surface area contributed by atoms with Crippen LogP contribution in [0, 0.1) is 0 Å². The SMILES string of the molecule is CCOC(=O)CCCCCOc1c(Cl)cccc1C(=O)O. The largest absolute Gasteiger partial charge is 0.491 e. The third-order valence-electron chi connectivity index (χ3n) is 2.77. The van der Waals surface area contributed by atoms with Crippen molar-refractivity contribution >= 4 is 23.5 Å². The quantitative estimate of drug-likeness (QED) is 0.557. The van der Waals surface area contributed by atoms with Crippen LogP contribution in [0.15, 0.2) is 18.2 Å². The summed E-state index contributed by atoms with van der Waals surface area (Å²) in [6, 6.07) is 4.60. The number of hydrogen-bond acceptors (Lipinski definition) is 4. The number of carbonyl (C=O) groups excluding carboxylic acids is 1. The molecule has 0 atom stereocenters. The second-order valence-electron chi connectivity index (χ2n) is 4.39. The average molecular weight is 315 g/mol. The first-order valence-corrected chi connectivity index (χ1v) is 7.24. The molecule has 0 radical (unpaired) electrons. The van der Waals surface area contributed by atoms with Gasteiger partial charge in [-0.05, 0) is 38.3 Å². The predicted molar refractivity (Wildman–Crippen MR) is 79.0 cm³/mol. The van der Waals surface area contributed by atoms with E-state index in [1.54, 1.807) is 19.1 Å². The number of carboxylic acids is 1. The van der Waals surface area contributed by atoms with Crippen LogP contribution in [0.2, 0.25) is 5.02 Å². The normalized spacial score (nSPS) is 10.2. The Hall–Kier alpha value is -1.75. The van der Waals surface area contributed by atoms with Gasteiger partial charge in [0.1, 0.15) is 5.56 Å². The average Bonchev–Trinajstić information content (AvgIpc) is 2.44. The summed E-state index contributed by atoms with van der Waals surface area (Å²) < 4.78 is 10.3. The number of carbonyl (C=O) groups is 2. The summed E-state index contributed by atoms with van der Waals surface area (Å²) in [4.78, 5) is 22.2. The summed E-state index contributed by atoms with van der Waals surface area (Å²) in [6.07, 6.45) is 2.62. The van der Waals surface area contributed by atoms with Crippen molar-refractivity contribution in [3.05, 3.63) is 28.8 Å². The Labute approximate surface area is 128 Å². The van der Waals surface area contributed by atoms with Gasteiger partial charge in [0.15, 0.2) is 5.75 Å². The summed E-state index contributed by atoms with van der Waals surface area (Å²) >= 11 is 5.94. The number of benzene rings is 1. The van der Waals surface area contributed by atoms with E-state index in [9.17, 15) is 9.59 Å². The lowest BCUT2D eigenvalue weighted by Crippen LogP contribution is -2.06. The first-order chi connectivity index (χ1) is 10.1. The minimum absolute atomic E-state index is 0.0500. The third kappa shape index (κ3) is 6.04. The van der Waals surface area contributed by atoms with Crippen LogP contribution in [0.25, 0.3) is 0 Å². The lowest BCUT2D eigenvalue weighted by atomic mass is 10.2. The Kier molecular flexibility index (Phi) is 7.61. The first kappa shape index (κ1) is 17.3. The van der Waals surface area contributed by atoms with E-state index in [4.69, 9.17) is 26.2 Å². The van der Waals surface area contributed by atoms with Crippen LogP contribution < -0.4 is 4.74 Å². The van der Waals surface area contributed by atoms with Crippen molar-refractivity contribution in [3.8, 4) is 5.75 Å². The molecule has 1 N–H and O–H groups in total. The number of rotatable bonds is 9. The molecule has 5 nitrogen and oxygen atoms in total. The smallest absolute Gasteiger partial charge is 0.339 e. The molecular weight excluding hydrogens is 296 g/mol. The molecule has 0 fully saturated rings. The maximum Gasteiger partial charge on any atom is 0.339 e. The van der Waals surface area contributed by atoms with E-state index in [1.165, 1.54) is 6.07 Å². The molecule has 1 aromatic carbocycles. The highest BCUT2D eigenvalue weighted by atomic mass is 35.5. The van der Waals surface area contributed by atoms with Crippen molar-refractivity contribution in [2.75, 3.05) is 13.2 Å². The number of carboxylic acid groups (broad SMARTS) is 1. The van der Waals surface area contributed by atoms with Gasteiger partial charge in [0.25, 0.3) is 0 Å². The third-order valence-corrected chi connectivity index (χ3v) is 3.07. The second kappa shape index (κ2) is 9.23. The molecule has 21 heavy (non-hydrogen) atoms.